The van der Waals surface area contributed by atoms with Crippen molar-refractivity contribution in [1.29, 1.82) is 0 Å². The van der Waals surface area contributed by atoms with Gasteiger partial charge in [-0.05, 0) is 56.0 Å². The number of nitrogens with zero attached hydrogens (tertiary/aromatic N) is 4. The fraction of sp³-hybridized carbons (Fsp3) is 0.286. The standard InChI is InChI=1S/C21H21N5O2/c1-14-6-7-18-23-16(12-26(18)11-14)13-27-17-5-2-4-15(10-17)19-24-20(25-28-19)21(22)8-3-9-21/h2,4-7,10-12H,3,8-9,13,22H2,1H3. The number of hydrogen-bond acceptors (Lipinski definition) is 6. The molecule has 1 aliphatic carbocycles. The quantitative estimate of drug-likeness (QED) is 0.573. The van der Waals surface area contributed by atoms with Crippen LogP contribution in [0.15, 0.2) is 53.3 Å². The molecular formula is C21H21N5O2. The van der Waals surface area contributed by atoms with E-state index < -0.39 is 5.54 Å². The van der Waals surface area contributed by atoms with Gasteiger partial charge in [-0.2, -0.15) is 4.98 Å². The zero-order valence-electron chi connectivity index (χ0n) is 15.6. The number of benzene rings is 1. The topological polar surface area (TPSA) is 91.5 Å². The van der Waals surface area contributed by atoms with Gasteiger partial charge in [-0.1, -0.05) is 17.3 Å². The van der Waals surface area contributed by atoms with Crippen LogP contribution in [-0.2, 0) is 12.1 Å². The van der Waals surface area contributed by atoms with Gasteiger partial charge in [0, 0.05) is 18.0 Å². The van der Waals surface area contributed by atoms with E-state index in [9.17, 15) is 0 Å². The lowest BCUT2D eigenvalue weighted by atomic mass is 9.77. The van der Waals surface area contributed by atoms with E-state index in [1.165, 1.54) is 5.56 Å². The van der Waals surface area contributed by atoms with Gasteiger partial charge in [-0.15, -0.1) is 0 Å². The van der Waals surface area contributed by atoms with Gasteiger partial charge in [0.2, 0.25) is 0 Å². The molecule has 0 atom stereocenters. The predicted molar refractivity (Wildman–Crippen MR) is 104 cm³/mol. The van der Waals surface area contributed by atoms with Crippen LogP contribution in [0.25, 0.3) is 17.1 Å². The number of nitrogens with two attached hydrogens (primary N) is 1. The average molecular weight is 375 g/mol. The maximum atomic E-state index is 6.28. The summed E-state index contributed by atoms with van der Waals surface area (Å²) in [5.74, 6) is 1.76. The molecule has 0 saturated heterocycles. The number of hydrogen-bond donors (Lipinski definition) is 1. The van der Waals surface area contributed by atoms with Crippen LogP contribution in [0, 0.1) is 6.92 Å². The molecule has 1 saturated carbocycles. The zero-order chi connectivity index (χ0) is 19.1. The molecule has 0 radical (unpaired) electrons. The van der Waals surface area contributed by atoms with E-state index >= 15 is 0 Å². The first-order valence-corrected chi connectivity index (χ1v) is 9.40. The highest BCUT2D eigenvalue weighted by molar-refractivity contribution is 5.55. The highest BCUT2D eigenvalue weighted by Crippen LogP contribution is 2.37. The van der Waals surface area contributed by atoms with E-state index in [0.29, 0.717) is 18.3 Å². The Balaban J connectivity index is 1.32. The van der Waals surface area contributed by atoms with Gasteiger partial charge in [0.1, 0.15) is 18.0 Å². The maximum absolute atomic E-state index is 6.28. The minimum absolute atomic E-state index is 0.380. The first-order chi connectivity index (χ1) is 13.6. The van der Waals surface area contributed by atoms with Crippen molar-refractivity contribution >= 4 is 5.65 Å². The second-order valence-corrected chi connectivity index (χ2v) is 7.45. The van der Waals surface area contributed by atoms with E-state index in [-0.39, 0.29) is 0 Å². The van der Waals surface area contributed by atoms with Gasteiger partial charge in [0.15, 0.2) is 5.82 Å². The summed E-state index contributed by atoms with van der Waals surface area (Å²) in [6.07, 6.45) is 6.93. The fourth-order valence-electron chi connectivity index (χ4n) is 3.43. The lowest BCUT2D eigenvalue weighted by molar-refractivity contribution is 0.229. The van der Waals surface area contributed by atoms with Crippen molar-refractivity contribution in [3.8, 4) is 17.2 Å². The van der Waals surface area contributed by atoms with Crippen molar-refractivity contribution in [2.24, 2.45) is 5.73 Å². The van der Waals surface area contributed by atoms with E-state index in [4.69, 9.17) is 15.0 Å². The Morgan fingerprint density at radius 1 is 1.18 bits per heavy atom. The molecule has 1 aliphatic rings. The molecule has 0 unspecified atom stereocenters. The Morgan fingerprint density at radius 3 is 2.89 bits per heavy atom. The van der Waals surface area contributed by atoms with Gasteiger partial charge < -0.3 is 19.4 Å². The highest BCUT2D eigenvalue weighted by Gasteiger charge is 2.39. The van der Waals surface area contributed by atoms with Crippen molar-refractivity contribution in [2.45, 2.75) is 38.3 Å². The summed E-state index contributed by atoms with van der Waals surface area (Å²) >= 11 is 0. The van der Waals surface area contributed by atoms with Gasteiger partial charge in [0.05, 0.1) is 11.2 Å². The third-order valence-corrected chi connectivity index (χ3v) is 5.23. The van der Waals surface area contributed by atoms with Crippen LogP contribution in [0.5, 0.6) is 5.75 Å². The largest absolute Gasteiger partial charge is 0.487 e. The lowest BCUT2D eigenvalue weighted by Gasteiger charge is -2.34. The van der Waals surface area contributed by atoms with Crippen molar-refractivity contribution in [3.63, 3.8) is 0 Å². The molecule has 3 aromatic heterocycles. The Bertz CT molecular complexity index is 1140. The molecule has 7 heteroatoms. The number of ether oxygens (including phenoxy) is 1. The second kappa shape index (κ2) is 6.45. The van der Waals surface area contributed by atoms with Gasteiger partial charge in [0.25, 0.3) is 5.89 Å². The molecule has 28 heavy (non-hydrogen) atoms. The van der Waals surface area contributed by atoms with Crippen LogP contribution in [-0.4, -0.2) is 19.5 Å². The summed E-state index contributed by atoms with van der Waals surface area (Å²) in [6, 6.07) is 11.7. The molecule has 142 valence electrons. The Labute approximate surface area is 162 Å². The van der Waals surface area contributed by atoms with Crippen LogP contribution < -0.4 is 10.5 Å². The molecule has 1 aromatic carbocycles. The number of imidazole rings is 1. The normalized spacial score (nSPS) is 15.5. The Kier molecular flexibility index (Phi) is 3.91. The molecule has 0 bridgehead atoms. The van der Waals surface area contributed by atoms with Crippen LogP contribution in [0.2, 0.25) is 0 Å². The molecule has 0 spiro atoms. The van der Waals surface area contributed by atoms with Crippen molar-refractivity contribution in [2.75, 3.05) is 0 Å². The Morgan fingerprint density at radius 2 is 2.07 bits per heavy atom. The van der Waals surface area contributed by atoms with Crippen molar-refractivity contribution in [3.05, 3.63) is 65.9 Å². The summed E-state index contributed by atoms with van der Waals surface area (Å²) in [6.45, 7) is 2.44. The van der Waals surface area contributed by atoms with Crippen molar-refractivity contribution in [1.82, 2.24) is 19.5 Å². The van der Waals surface area contributed by atoms with Crippen LogP contribution in [0.3, 0.4) is 0 Å². The summed E-state index contributed by atoms with van der Waals surface area (Å²) in [4.78, 5) is 9.08. The maximum Gasteiger partial charge on any atom is 0.258 e. The number of aryl methyl sites for hydroxylation is 1. The number of pyridine rings is 1. The van der Waals surface area contributed by atoms with E-state index in [0.717, 1.165) is 41.9 Å². The Hall–Kier alpha value is -3.19. The zero-order valence-corrected chi connectivity index (χ0v) is 15.6. The summed E-state index contributed by atoms with van der Waals surface area (Å²) in [5, 5.41) is 4.08. The first-order valence-electron chi connectivity index (χ1n) is 9.40. The average Bonchev–Trinajstić information content (AvgIpc) is 3.31. The van der Waals surface area contributed by atoms with Crippen LogP contribution >= 0.6 is 0 Å². The fourth-order valence-corrected chi connectivity index (χ4v) is 3.43. The van der Waals surface area contributed by atoms with Crippen LogP contribution in [0.4, 0.5) is 0 Å². The molecular weight excluding hydrogens is 354 g/mol. The molecule has 1 fully saturated rings. The van der Waals surface area contributed by atoms with Crippen LogP contribution in [0.1, 0.15) is 36.3 Å². The number of fused-ring (bicyclic) bond motifs is 1. The lowest BCUT2D eigenvalue weighted by Crippen LogP contribution is -2.44. The minimum Gasteiger partial charge on any atom is -0.487 e. The molecule has 0 amide bonds. The number of aromatic nitrogens is 4. The first kappa shape index (κ1) is 16.9. The van der Waals surface area contributed by atoms with Crippen molar-refractivity contribution < 1.29 is 9.26 Å². The second-order valence-electron chi connectivity index (χ2n) is 7.45. The third kappa shape index (κ3) is 3.03. The van der Waals surface area contributed by atoms with Gasteiger partial charge >= 0.3 is 0 Å². The highest BCUT2D eigenvalue weighted by atomic mass is 16.5. The summed E-state index contributed by atoms with van der Waals surface area (Å²) < 4.78 is 13.4. The predicted octanol–water partition coefficient (Wildman–Crippen LogP) is 3.61. The number of rotatable bonds is 5. The van der Waals surface area contributed by atoms with Gasteiger partial charge in [-0.3, -0.25) is 0 Å². The molecule has 3 heterocycles. The molecule has 0 aliphatic heterocycles. The van der Waals surface area contributed by atoms with E-state index in [1.807, 2.05) is 53.2 Å². The minimum atomic E-state index is -0.433. The molecule has 2 N–H and O–H groups in total. The summed E-state index contributed by atoms with van der Waals surface area (Å²) in [5.41, 5.74) is 9.61. The van der Waals surface area contributed by atoms with E-state index in [1.54, 1.807) is 0 Å². The molecule has 7 nitrogen and oxygen atoms in total. The van der Waals surface area contributed by atoms with E-state index in [2.05, 4.69) is 22.0 Å². The monoisotopic (exact) mass is 375 g/mol. The molecule has 5 rings (SSSR count). The SMILES string of the molecule is Cc1ccc2nc(COc3cccc(-c4nc(C5(N)CCC5)no4)c3)cn2c1. The third-order valence-electron chi connectivity index (χ3n) is 5.23. The van der Waals surface area contributed by atoms with Gasteiger partial charge in [-0.25, -0.2) is 4.98 Å². The molecule has 4 aromatic rings. The summed E-state index contributed by atoms with van der Waals surface area (Å²) in [7, 11) is 0. The smallest absolute Gasteiger partial charge is 0.258 e.